The predicted molar refractivity (Wildman–Crippen MR) is 86.9 cm³/mol. The number of carbonyl (C=O) groups is 1. The van der Waals surface area contributed by atoms with Crippen molar-refractivity contribution in [1.29, 1.82) is 0 Å². The number of amides is 1. The summed E-state index contributed by atoms with van der Waals surface area (Å²) >= 11 is 0. The highest BCUT2D eigenvalue weighted by Crippen LogP contribution is 2.35. The van der Waals surface area contributed by atoms with Gasteiger partial charge in [0.15, 0.2) is 0 Å². The predicted octanol–water partition coefficient (Wildman–Crippen LogP) is 0.546. The van der Waals surface area contributed by atoms with E-state index in [1.165, 1.54) is 11.1 Å². The van der Waals surface area contributed by atoms with Crippen LogP contribution in [0.1, 0.15) is 23.5 Å². The third-order valence-electron chi connectivity index (χ3n) is 4.54. The van der Waals surface area contributed by atoms with Crippen LogP contribution in [0, 0.1) is 0 Å². The molecule has 1 atom stereocenters. The Morgan fingerprint density at radius 1 is 1.26 bits per heavy atom. The summed E-state index contributed by atoms with van der Waals surface area (Å²) in [6, 6.07) is 6.14. The molecule has 8 heteroatoms. The van der Waals surface area contributed by atoms with Crippen molar-refractivity contribution < 1.29 is 4.79 Å². The molecule has 7 nitrogen and oxygen atoms in total. The van der Waals surface area contributed by atoms with Crippen LogP contribution in [0.15, 0.2) is 24.5 Å². The first-order valence-electron chi connectivity index (χ1n) is 7.68. The van der Waals surface area contributed by atoms with Crippen molar-refractivity contribution >= 4 is 18.3 Å². The van der Waals surface area contributed by atoms with E-state index in [0.717, 1.165) is 44.7 Å². The van der Waals surface area contributed by atoms with Gasteiger partial charge in [-0.25, -0.2) is 4.68 Å². The van der Waals surface area contributed by atoms with E-state index in [9.17, 15) is 4.79 Å². The Morgan fingerprint density at radius 3 is 2.83 bits per heavy atom. The summed E-state index contributed by atoms with van der Waals surface area (Å²) in [5.41, 5.74) is 3.35. The molecule has 1 aromatic heterocycles. The van der Waals surface area contributed by atoms with Crippen molar-refractivity contribution in [3.63, 3.8) is 0 Å². The highest BCUT2D eigenvalue weighted by atomic mass is 35.5. The lowest BCUT2D eigenvalue weighted by Gasteiger charge is -2.30. The van der Waals surface area contributed by atoms with Crippen LogP contribution in [-0.4, -0.2) is 57.2 Å². The van der Waals surface area contributed by atoms with Crippen molar-refractivity contribution in [2.45, 2.75) is 18.8 Å². The quantitative estimate of drug-likeness (QED) is 0.868. The zero-order valence-corrected chi connectivity index (χ0v) is 13.5. The number of nitrogens with zero attached hydrogens (tertiary/aromatic N) is 5. The van der Waals surface area contributed by atoms with Crippen molar-refractivity contribution in [3.05, 3.63) is 35.7 Å². The topological polar surface area (TPSA) is 75.9 Å². The molecule has 1 saturated heterocycles. The molecule has 2 heterocycles. The van der Waals surface area contributed by atoms with E-state index in [1.54, 1.807) is 11.0 Å². The minimum Gasteiger partial charge on any atom is -0.340 e. The van der Waals surface area contributed by atoms with Crippen molar-refractivity contribution in [2.24, 2.45) is 0 Å². The number of benzene rings is 1. The molecule has 0 radical (unpaired) electrons. The largest absolute Gasteiger partial charge is 0.340 e. The number of carbonyl (C=O) groups excluding carboxylic acids is 1. The second-order valence-corrected chi connectivity index (χ2v) is 5.80. The van der Waals surface area contributed by atoms with Crippen LogP contribution in [-0.2, 0) is 11.2 Å². The molecule has 1 fully saturated rings. The van der Waals surface area contributed by atoms with Crippen molar-refractivity contribution in [1.82, 2.24) is 30.4 Å². The number of piperazine rings is 1. The molecule has 1 aliphatic heterocycles. The number of hydrogen-bond acceptors (Lipinski definition) is 5. The SMILES string of the molecule is Cl.O=C(C1CCc2cc(-n3cnnn3)ccc21)N1CCNCC1. The number of halogens is 1. The molecule has 1 aliphatic carbocycles. The summed E-state index contributed by atoms with van der Waals surface area (Å²) < 4.78 is 1.64. The van der Waals surface area contributed by atoms with E-state index in [2.05, 4.69) is 33.0 Å². The molecular formula is C15H19ClN6O. The minimum absolute atomic E-state index is 0. The van der Waals surface area contributed by atoms with E-state index in [-0.39, 0.29) is 24.2 Å². The first kappa shape index (κ1) is 15.9. The summed E-state index contributed by atoms with van der Waals surface area (Å²) in [6.45, 7) is 3.41. The average Bonchev–Trinajstić information content (AvgIpc) is 3.24. The summed E-state index contributed by atoms with van der Waals surface area (Å²) in [5, 5.41) is 14.5. The Hall–Kier alpha value is -1.99. The number of hydrogen-bond donors (Lipinski definition) is 1. The maximum Gasteiger partial charge on any atom is 0.230 e. The van der Waals surface area contributed by atoms with Gasteiger partial charge in [0, 0.05) is 26.2 Å². The van der Waals surface area contributed by atoms with E-state index >= 15 is 0 Å². The van der Waals surface area contributed by atoms with Gasteiger partial charge in [0.25, 0.3) is 0 Å². The standard InChI is InChI=1S/C15H18N6O.ClH/c22-15(20-7-5-16-6-8-20)14-3-1-11-9-12(2-4-13(11)14)21-10-17-18-19-21;/h2,4,9-10,14,16H,1,3,5-8H2;1H. The number of fused-ring (bicyclic) bond motifs is 1. The molecule has 1 unspecified atom stereocenters. The van der Waals surface area contributed by atoms with Crippen LogP contribution < -0.4 is 5.32 Å². The Kier molecular flexibility index (Phi) is 4.58. The molecule has 0 bridgehead atoms. The fourth-order valence-electron chi connectivity index (χ4n) is 3.39. The Balaban J connectivity index is 0.00000156. The summed E-state index contributed by atoms with van der Waals surface area (Å²) in [5.74, 6) is 0.284. The van der Waals surface area contributed by atoms with Gasteiger partial charge in [0.05, 0.1) is 11.6 Å². The van der Waals surface area contributed by atoms with E-state index in [1.807, 2.05) is 11.0 Å². The highest BCUT2D eigenvalue weighted by molar-refractivity contribution is 5.85. The minimum atomic E-state index is 0. The number of aryl methyl sites for hydroxylation is 1. The van der Waals surface area contributed by atoms with Gasteiger partial charge in [-0.05, 0) is 46.5 Å². The molecule has 122 valence electrons. The Bertz CT molecular complexity index is 683. The van der Waals surface area contributed by atoms with Crippen LogP contribution in [0.3, 0.4) is 0 Å². The van der Waals surface area contributed by atoms with E-state index in [4.69, 9.17) is 0 Å². The summed E-state index contributed by atoms with van der Waals surface area (Å²) in [6.07, 6.45) is 3.42. The van der Waals surface area contributed by atoms with Crippen molar-refractivity contribution in [2.75, 3.05) is 26.2 Å². The Morgan fingerprint density at radius 2 is 2.09 bits per heavy atom. The van der Waals surface area contributed by atoms with Gasteiger partial charge in [-0.2, -0.15) is 0 Å². The van der Waals surface area contributed by atoms with Crippen LogP contribution in [0.5, 0.6) is 0 Å². The lowest BCUT2D eigenvalue weighted by atomic mass is 9.99. The molecule has 4 rings (SSSR count). The van der Waals surface area contributed by atoms with Gasteiger partial charge < -0.3 is 10.2 Å². The van der Waals surface area contributed by atoms with Gasteiger partial charge in [0.2, 0.25) is 5.91 Å². The summed E-state index contributed by atoms with van der Waals surface area (Å²) in [7, 11) is 0. The lowest BCUT2D eigenvalue weighted by Crippen LogP contribution is -2.47. The summed E-state index contributed by atoms with van der Waals surface area (Å²) in [4.78, 5) is 14.7. The zero-order valence-electron chi connectivity index (χ0n) is 12.7. The maximum absolute atomic E-state index is 12.7. The first-order chi connectivity index (χ1) is 10.8. The number of tetrazole rings is 1. The van der Waals surface area contributed by atoms with Gasteiger partial charge in [-0.15, -0.1) is 17.5 Å². The molecule has 1 aromatic carbocycles. The second kappa shape index (κ2) is 6.64. The molecule has 2 aliphatic rings. The van der Waals surface area contributed by atoms with Crippen LogP contribution in [0.4, 0.5) is 0 Å². The van der Waals surface area contributed by atoms with E-state index < -0.39 is 0 Å². The smallest absolute Gasteiger partial charge is 0.230 e. The first-order valence-corrected chi connectivity index (χ1v) is 7.68. The third-order valence-corrected chi connectivity index (χ3v) is 4.54. The van der Waals surface area contributed by atoms with Gasteiger partial charge in [0.1, 0.15) is 6.33 Å². The fourth-order valence-corrected chi connectivity index (χ4v) is 3.39. The molecule has 23 heavy (non-hydrogen) atoms. The maximum atomic E-state index is 12.7. The van der Waals surface area contributed by atoms with Gasteiger partial charge in [-0.1, -0.05) is 6.07 Å². The normalized spacial score (nSPS) is 20.0. The molecule has 0 saturated carbocycles. The van der Waals surface area contributed by atoms with Crippen LogP contribution in [0.2, 0.25) is 0 Å². The molecule has 2 aromatic rings. The number of nitrogens with one attached hydrogen (secondary N) is 1. The highest BCUT2D eigenvalue weighted by Gasteiger charge is 2.32. The monoisotopic (exact) mass is 334 g/mol. The Labute approximate surface area is 140 Å². The van der Waals surface area contributed by atoms with E-state index in [0.29, 0.717) is 0 Å². The lowest BCUT2D eigenvalue weighted by molar-refractivity contribution is -0.133. The van der Waals surface area contributed by atoms with Crippen molar-refractivity contribution in [3.8, 4) is 5.69 Å². The van der Waals surface area contributed by atoms with Gasteiger partial charge in [-0.3, -0.25) is 4.79 Å². The van der Waals surface area contributed by atoms with Crippen LogP contribution in [0.25, 0.3) is 5.69 Å². The zero-order chi connectivity index (χ0) is 14.9. The second-order valence-electron chi connectivity index (χ2n) is 5.80. The third kappa shape index (κ3) is 2.94. The molecule has 1 N–H and O–H groups in total. The molecular weight excluding hydrogens is 316 g/mol. The molecule has 1 amide bonds. The average molecular weight is 335 g/mol. The number of rotatable bonds is 2. The number of aromatic nitrogens is 4. The fraction of sp³-hybridized carbons (Fsp3) is 0.467. The van der Waals surface area contributed by atoms with Gasteiger partial charge >= 0.3 is 0 Å². The molecule has 0 spiro atoms. The van der Waals surface area contributed by atoms with Crippen LogP contribution >= 0.6 is 12.4 Å².